The van der Waals surface area contributed by atoms with E-state index < -0.39 is 10.0 Å². The predicted molar refractivity (Wildman–Crippen MR) is 122 cm³/mol. The Morgan fingerprint density at radius 1 is 1.03 bits per heavy atom. The Morgan fingerprint density at radius 2 is 1.74 bits per heavy atom. The van der Waals surface area contributed by atoms with Gasteiger partial charge in [-0.2, -0.15) is 0 Å². The maximum atomic E-state index is 13.2. The smallest absolute Gasteiger partial charge is 0.256 e. The Balaban J connectivity index is 1.73. The minimum Gasteiger partial charge on any atom is -0.336 e. The van der Waals surface area contributed by atoms with E-state index in [1.807, 2.05) is 6.07 Å². The molecule has 0 aromatic heterocycles. The van der Waals surface area contributed by atoms with Crippen LogP contribution in [0.15, 0.2) is 42.5 Å². The van der Waals surface area contributed by atoms with Crippen LogP contribution in [-0.2, 0) is 21.4 Å². The number of benzene rings is 2. The molecule has 2 amide bonds. The first-order valence-corrected chi connectivity index (χ1v) is 12.0. The molecule has 2 N–H and O–H groups in total. The number of piperazine rings is 1. The molecule has 0 saturated carbocycles. The van der Waals surface area contributed by atoms with Gasteiger partial charge < -0.3 is 10.2 Å². The maximum absolute atomic E-state index is 13.2. The molecule has 0 unspecified atom stereocenters. The predicted octanol–water partition coefficient (Wildman–Crippen LogP) is 2.28. The van der Waals surface area contributed by atoms with Gasteiger partial charge in [-0.3, -0.25) is 19.2 Å². The number of hydrogen-bond donors (Lipinski definition) is 2. The largest absolute Gasteiger partial charge is 0.336 e. The molecule has 0 bridgehead atoms. The molecular formula is C22H28N4O4S. The third kappa shape index (κ3) is 6.53. The third-order valence-corrected chi connectivity index (χ3v) is 5.60. The summed E-state index contributed by atoms with van der Waals surface area (Å²) in [6.45, 7) is 6.78. The van der Waals surface area contributed by atoms with Crippen molar-refractivity contribution in [3.8, 4) is 0 Å². The van der Waals surface area contributed by atoms with Gasteiger partial charge in [-0.1, -0.05) is 29.8 Å². The lowest BCUT2D eigenvalue weighted by atomic mass is 10.1. The average Bonchev–Trinajstić information content (AvgIpc) is 2.68. The van der Waals surface area contributed by atoms with Crippen molar-refractivity contribution in [1.29, 1.82) is 0 Å². The fourth-order valence-corrected chi connectivity index (χ4v) is 4.22. The van der Waals surface area contributed by atoms with Gasteiger partial charge in [0.05, 0.1) is 17.5 Å². The molecule has 2 aromatic carbocycles. The van der Waals surface area contributed by atoms with Gasteiger partial charge in [-0.15, -0.1) is 0 Å². The van der Waals surface area contributed by atoms with Crippen LogP contribution in [0, 0.1) is 6.92 Å². The lowest BCUT2D eigenvalue weighted by molar-refractivity contribution is -0.114. The lowest BCUT2D eigenvalue weighted by Crippen LogP contribution is -2.48. The molecule has 0 spiro atoms. The van der Waals surface area contributed by atoms with Gasteiger partial charge in [-0.05, 0) is 30.7 Å². The Kier molecular flexibility index (Phi) is 6.97. The zero-order valence-electron chi connectivity index (χ0n) is 18.0. The molecule has 1 aliphatic heterocycles. The summed E-state index contributed by atoms with van der Waals surface area (Å²) in [5.41, 5.74) is 3.30. The molecule has 3 rings (SSSR count). The first kappa shape index (κ1) is 22.8. The van der Waals surface area contributed by atoms with Crippen LogP contribution in [0.3, 0.4) is 0 Å². The minimum atomic E-state index is -3.56. The lowest BCUT2D eigenvalue weighted by Gasteiger charge is -2.35. The Labute approximate surface area is 183 Å². The number of carbonyl (C=O) groups is 2. The van der Waals surface area contributed by atoms with Crippen LogP contribution in [0.4, 0.5) is 11.4 Å². The maximum Gasteiger partial charge on any atom is 0.256 e. The van der Waals surface area contributed by atoms with Crippen LogP contribution < -0.4 is 10.0 Å². The number of amides is 2. The van der Waals surface area contributed by atoms with Crippen LogP contribution in [-0.4, -0.2) is 62.5 Å². The van der Waals surface area contributed by atoms with Gasteiger partial charge in [0.25, 0.3) is 5.91 Å². The zero-order valence-corrected chi connectivity index (χ0v) is 18.8. The van der Waals surface area contributed by atoms with Crippen molar-refractivity contribution in [2.45, 2.75) is 20.4 Å². The number of carbonyl (C=O) groups excluding carboxylic acids is 2. The SMILES string of the molecule is CC(=O)Nc1ccc(NS(C)(=O)=O)c(C(=O)N2CCN(Cc3cccc(C)c3)CC2)c1. The average molecular weight is 445 g/mol. The molecule has 0 aliphatic carbocycles. The van der Waals surface area contributed by atoms with E-state index in [0.717, 1.165) is 25.9 Å². The Bertz CT molecular complexity index is 1080. The highest BCUT2D eigenvalue weighted by Crippen LogP contribution is 2.24. The van der Waals surface area contributed by atoms with Crippen molar-refractivity contribution in [2.24, 2.45) is 0 Å². The summed E-state index contributed by atoms with van der Waals surface area (Å²) in [6, 6.07) is 12.9. The second kappa shape index (κ2) is 9.49. The van der Waals surface area contributed by atoms with Gasteiger partial charge in [0, 0.05) is 45.3 Å². The summed E-state index contributed by atoms with van der Waals surface area (Å²) in [6.07, 6.45) is 1.03. The molecule has 9 heteroatoms. The van der Waals surface area contributed by atoms with E-state index in [2.05, 4.69) is 40.1 Å². The molecule has 1 saturated heterocycles. The van der Waals surface area contributed by atoms with Crippen LogP contribution >= 0.6 is 0 Å². The van der Waals surface area contributed by atoms with E-state index in [4.69, 9.17) is 0 Å². The van der Waals surface area contributed by atoms with E-state index in [1.54, 1.807) is 11.0 Å². The monoisotopic (exact) mass is 444 g/mol. The van der Waals surface area contributed by atoms with Crippen molar-refractivity contribution in [1.82, 2.24) is 9.80 Å². The fraction of sp³-hybridized carbons (Fsp3) is 0.364. The molecule has 2 aromatic rings. The molecule has 1 fully saturated rings. The summed E-state index contributed by atoms with van der Waals surface area (Å²) in [5, 5.41) is 2.64. The van der Waals surface area contributed by atoms with E-state index >= 15 is 0 Å². The summed E-state index contributed by atoms with van der Waals surface area (Å²) < 4.78 is 25.9. The summed E-state index contributed by atoms with van der Waals surface area (Å²) in [4.78, 5) is 28.6. The minimum absolute atomic E-state index is 0.198. The van der Waals surface area contributed by atoms with Crippen LogP contribution in [0.2, 0.25) is 0 Å². The number of anilines is 2. The fourth-order valence-electron chi connectivity index (χ4n) is 3.64. The van der Waals surface area contributed by atoms with Gasteiger partial charge in [0.1, 0.15) is 0 Å². The van der Waals surface area contributed by atoms with E-state index in [0.29, 0.717) is 18.8 Å². The molecule has 166 valence electrons. The van der Waals surface area contributed by atoms with Gasteiger partial charge in [0.15, 0.2) is 0 Å². The summed E-state index contributed by atoms with van der Waals surface area (Å²) in [7, 11) is -3.56. The zero-order chi connectivity index (χ0) is 22.6. The van der Waals surface area contributed by atoms with Crippen molar-refractivity contribution < 1.29 is 18.0 Å². The molecule has 0 radical (unpaired) electrons. The highest BCUT2D eigenvalue weighted by Gasteiger charge is 2.25. The highest BCUT2D eigenvalue weighted by atomic mass is 32.2. The molecule has 8 nitrogen and oxygen atoms in total. The number of nitrogens with zero attached hydrogens (tertiary/aromatic N) is 2. The second-order valence-corrected chi connectivity index (χ2v) is 9.62. The van der Waals surface area contributed by atoms with E-state index in [9.17, 15) is 18.0 Å². The number of rotatable bonds is 6. The van der Waals surface area contributed by atoms with Crippen molar-refractivity contribution in [3.05, 3.63) is 59.2 Å². The summed E-state index contributed by atoms with van der Waals surface area (Å²) in [5.74, 6) is -0.541. The van der Waals surface area contributed by atoms with E-state index in [1.165, 1.54) is 30.2 Å². The topological polar surface area (TPSA) is 98.8 Å². The quantitative estimate of drug-likeness (QED) is 0.712. The molecule has 1 aliphatic rings. The molecule has 1 heterocycles. The van der Waals surface area contributed by atoms with Crippen molar-refractivity contribution >= 4 is 33.2 Å². The molecule has 0 atom stereocenters. The van der Waals surface area contributed by atoms with Gasteiger partial charge in [-0.25, -0.2) is 8.42 Å². The first-order chi connectivity index (χ1) is 14.6. The van der Waals surface area contributed by atoms with Gasteiger partial charge >= 0.3 is 0 Å². The van der Waals surface area contributed by atoms with Crippen LogP contribution in [0.25, 0.3) is 0 Å². The van der Waals surface area contributed by atoms with Crippen molar-refractivity contribution in [3.63, 3.8) is 0 Å². The first-order valence-electron chi connectivity index (χ1n) is 10.1. The molecule has 31 heavy (non-hydrogen) atoms. The number of hydrogen-bond acceptors (Lipinski definition) is 5. The summed E-state index contributed by atoms with van der Waals surface area (Å²) >= 11 is 0. The van der Waals surface area contributed by atoms with Crippen LogP contribution in [0.1, 0.15) is 28.4 Å². The van der Waals surface area contributed by atoms with E-state index in [-0.39, 0.29) is 23.1 Å². The Morgan fingerprint density at radius 3 is 2.35 bits per heavy atom. The third-order valence-electron chi connectivity index (χ3n) is 5.01. The number of nitrogens with one attached hydrogen (secondary N) is 2. The molecular weight excluding hydrogens is 416 g/mol. The van der Waals surface area contributed by atoms with Crippen molar-refractivity contribution in [2.75, 3.05) is 42.5 Å². The number of aryl methyl sites for hydroxylation is 1. The van der Waals surface area contributed by atoms with Crippen LogP contribution in [0.5, 0.6) is 0 Å². The Hall–Kier alpha value is -2.91. The van der Waals surface area contributed by atoms with Gasteiger partial charge in [0.2, 0.25) is 15.9 Å². The number of sulfonamides is 1. The second-order valence-electron chi connectivity index (χ2n) is 7.87. The normalized spacial score (nSPS) is 14.9. The highest BCUT2D eigenvalue weighted by molar-refractivity contribution is 7.92. The standard InChI is InChI=1S/C22H28N4O4S/c1-16-5-4-6-18(13-16)15-25-9-11-26(12-10-25)22(28)20-14-19(23-17(2)27)7-8-21(20)24-31(3,29)30/h4-8,13-14,24H,9-12,15H2,1-3H3,(H,23,27).